The second kappa shape index (κ2) is 5.60. The summed E-state index contributed by atoms with van der Waals surface area (Å²) in [6, 6.07) is 4.25. The number of rotatable bonds is 3. The van der Waals surface area contributed by atoms with Crippen LogP contribution in [0.15, 0.2) is 22.7 Å². The van der Waals surface area contributed by atoms with Crippen LogP contribution in [0.4, 0.5) is 4.39 Å². The Bertz CT molecular complexity index is 635. The van der Waals surface area contributed by atoms with Crippen LogP contribution >= 0.6 is 11.6 Å². The van der Waals surface area contributed by atoms with Crippen LogP contribution in [0, 0.1) is 12.7 Å². The molecule has 0 aliphatic heterocycles. The highest BCUT2D eigenvalue weighted by molar-refractivity contribution is 6.33. The van der Waals surface area contributed by atoms with Gasteiger partial charge in [-0.2, -0.15) is 0 Å². The van der Waals surface area contributed by atoms with Crippen molar-refractivity contribution >= 4 is 17.5 Å². The molecule has 0 bridgehead atoms. The molecular weight excluding hydrogens is 285 g/mol. The quantitative estimate of drug-likeness (QED) is 0.885. The molecular formula is C13H13ClFN3O2. The molecule has 1 N–H and O–H groups in total. The predicted molar refractivity (Wildman–Crippen MR) is 72.8 cm³/mol. The van der Waals surface area contributed by atoms with Gasteiger partial charge in [-0.05, 0) is 19.1 Å². The van der Waals surface area contributed by atoms with Gasteiger partial charge in [-0.15, -0.1) is 0 Å². The number of benzene rings is 1. The molecule has 1 aromatic heterocycles. The Morgan fingerprint density at radius 1 is 1.45 bits per heavy atom. The Hall–Kier alpha value is -1.92. The van der Waals surface area contributed by atoms with E-state index in [-0.39, 0.29) is 21.8 Å². The first-order chi connectivity index (χ1) is 9.41. The third-order valence-electron chi connectivity index (χ3n) is 2.61. The average Bonchev–Trinajstić information content (AvgIpc) is 2.70. The lowest BCUT2D eigenvalue weighted by Gasteiger charge is -2.12. The minimum Gasteiger partial charge on any atom is -0.360 e. The molecule has 106 valence electrons. The van der Waals surface area contributed by atoms with Crippen molar-refractivity contribution < 1.29 is 13.7 Å². The second-order valence-corrected chi connectivity index (χ2v) is 4.80. The summed E-state index contributed by atoms with van der Waals surface area (Å²) in [6.07, 6.45) is 0. The molecule has 0 aliphatic rings. The van der Waals surface area contributed by atoms with E-state index >= 15 is 0 Å². The summed E-state index contributed by atoms with van der Waals surface area (Å²) in [6.45, 7) is 1.58. The van der Waals surface area contributed by atoms with Crippen molar-refractivity contribution in [3.8, 4) is 11.3 Å². The summed E-state index contributed by atoms with van der Waals surface area (Å²) in [7, 11) is 3.33. The number of halogens is 2. The molecule has 0 saturated heterocycles. The van der Waals surface area contributed by atoms with Crippen LogP contribution in [0.2, 0.25) is 5.02 Å². The van der Waals surface area contributed by atoms with Gasteiger partial charge in [0.25, 0.3) is 5.91 Å². The molecule has 1 aromatic carbocycles. The van der Waals surface area contributed by atoms with Crippen LogP contribution in [0.25, 0.3) is 11.3 Å². The summed E-state index contributed by atoms with van der Waals surface area (Å²) in [5.41, 5.74) is 2.86. The molecule has 5 nitrogen and oxygen atoms in total. The van der Waals surface area contributed by atoms with Crippen molar-refractivity contribution in [2.45, 2.75) is 6.92 Å². The zero-order valence-corrected chi connectivity index (χ0v) is 12.0. The topological polar surface area (TPSA) is 58.4 Å². The zero-order valence-electron chi connectivity index (χ0n) is 11.2. The minimum atomic E-state index is -0.565. The normalized spacial score (nSPS) is 10.9. The smallest absolute Gasteiger partial charge is 0.271 e. The fraction of sp³-hybridized carbons (Fsp3) is 0.231. The third-order valence-corrected chi connectivity index (χ3v) is 2.93. The van der Waals surface area contributed by atoms with E-state index in [0.29, 0.717) is 5.76 Å². The number of amides is 1. The maximum atomic E-state index is 13.9. The van der Waals surface area contributed by atoms with Gasteiger partial charge in [0.05, 0.1) is 10.6 Å². The molecule has 7 heteroatoms. The number of nitrogens with zero attached hydrogens (tertiary/aromatic N) is 2. The Balaban J connectivity index is 2.57. The second-order valence-electron chi connectivity index (χ2n) is 4.39. The summed E-state index contributed by atoms with van der Waals surface area (Å²) < 4.78 is 19.0. The Kier molecular flexibility index (Phi) is 4.06. The molecule has 0 spiro atoms. The molecule has 0 aliphatic carbocycles. The molecule has 20 heavy (non-hydrogen) atoms. The van der Waals surface area contributed by atoms with Gasteiger partial charge in [0.1, 0.15) is 22.8 Å². The number of aromatic nitrogens is 1. The Labute approximate surface area is 120 Å². The van der Waals surface area contributed by atoms with Crippen molar-refractivity contribution in [3.05, 3.63) is 40.4 Å². The van der Waals surface area contributed by atoms with E-state index in [0.717, 1.165) is 0 Å². The number of carbonyl (C=O) groups is 1. The fourth-order valence-electron chi connectivity index (χ4n) is 1.79. The third kappa shape index (κ3) is 2.66. The van der Waals surface area contributed by atoms with Crippen LogP contribution in [-0.4, -0.2) is 30.2 Å². The highest BCUT2D eigenvalue weighted by Crippen LogP contribution is 2.33. The average molecular weight is 298 g/mol. The van der Waals surface area contributed by atoms with Crippen molar-refractivity contribution in [3.63, 3.8) is 0 Å². The zero-order chi connectivity index (χ0) is 14.9. The standard InChI is InChI=1S/C13H13ClFN3O2/c1-7-10(13(19)16-18(2)3)12(17-20-7)11-8(14)5-4-6-9(11)15/h4-6H,1-3H3,(H,16,19). The first-order valence-corrected chi connectivity index (χ1v) is 6.18. The van der Waals surface area contributed by atoms with Crippen LogP contribution in [-0.2, 0) is 0 Å². The van der Waals surface area contributed by atoms with E-state index < -0.39 is 11.7 Å². The van der Waals surface area contributed by atoms with Crippen molar-refractivity contribution in [2.24, 2.45) is 0 Å². The lowest BCUT2D eigenvalue weighted by Crippen LogP contribution is -2.36. The minimum absolute atomic E-state index is 0.0509. The number of aryl methyl sites for hydroxylation is 1. The summed E-state index contributed by atoms with van der Waals surface area (Å²) >= 11 is 5.99. The lowest BCUT2D eigenvalue weighted by molar-refractivity contribution is 0.0856. The first kappa shape index (κ1) is 14.5. The lowest BCUT2D eigenvalue weighted by atomic mass is 10.1. The largest absolute Gasteiger partial charge is 0.360 e. The monoisotopic (exact) mass is 297 g/mol. The van der Waals surface area contributed by atoms with Crippen molar-refractivity contribution in [1.82, 2.24) is 15.6 Å². The Morgan fingerprint density at radius 3 is 2.75 bits per heavy atom. The highest BCUT2D eigenvalue weighted by atomic mass is 35.5. The van der Waals surface area contributed by atoms with Crippen LogP contribution in [0.3, 0.4) is 0 Å². The van der Waals surface area contributed by atoms with Crippen molar-refractivity contribution in [1.29, 1.82) is 0 Å². The van der Waals surface area contributed by atoms with Gasteiger partial charge >= 0.3 is 0 Å². The molecule has 2 rings (SSSR count). The van der Waals surface area contributed by atoms with Gasteiger partial charge in [-0.3, -0.25) is 10.2 Å². The van der Waals surface area contributed by atoms with E-state index in [1.54, 1.807) is 21.0 Å². The molecule has 1 heterocycles. The molecule has 1 amide bonds. The number of nitrogens with one attached hydrogen (secondary N) is 1. The molecule has 0 fully saturated rings. The molecule has 0 saturated carbocycles. The molecule has 0 radical (unpaired) electrons. The van der Waals surface area contributed by atoms with Gasteiger partial charge in [-0.1, -0.05) is 22.8 Å². The van der Waals surface area contributed by atoms with E-state index in [1.165, 1.54) is 23.2 Å². The SMILES string of the molecule is Cc1onc(-c2c(F)cccc2Cl)c1C(=O)NN(C)C. The van der Waals surface area contributed by atoms with E-state index in [4.69, 9.17) is 16.1 Å². The summed E-state index contributed by atoms with van der Waals surface area (Å²) in [5, 5.41) is 5.40. The number of carbonyl (C=O) groups excluding carboxylic acids is 1. The summed E-state index contributed by atoms with van der Waals surface area (Å²) in [4.78, 5) is 12.1. The van der Waals surface area contributed by atoms with Gasteiger partial charge in [-0.25, -0.2) is 9.40 Å². The predicted octanol–water partition coefficient (Wildman–Crippen LogP) is 2.65. The maximum Gasteiger partial charge on any atom is 0.271 e. The van der Waals surface area contributed by atoms with Crippen LogP contribution in [0.1, 0.15) is 16.1 Å². The van der Waals surface area contributed by atoms with Crippen LogP contribution < -0.4 is 5.43 Å². The van der Waals surface area contributed by atoms with Crippen molar-refractivity contribution in [2.75, 3.05) is 14.1 Å². The van der Waals surface area contributed by atoms with Gasteiger partial charge in [0.15, 0.2) is 0 Å². The fourth-order valence-corrected chi connectivity index (χ4v) is 2.05. The highest BCUT2D eigenvalue weighted by Gasteiger charge is 2.25. The van der Waals surface area contributed by atoms with Gasteiger partial charge < -0.3 is 4.52 Å². The van der Waals surface area contributed by atoms with Gasteiger partial charge in [0, 0.05) is 14.1 Å². The Morgan fingerprint density at radius 2 is 2.15 bits per heavy atom. The molecule has 0 atom stereocenters. The molecule has 0 unspecified atom stereocenters. The first-order valence-electron chi connectivity index (χ1n) is 5.80. The maximum absolute atomic E-state index is 13.9. The summed E-state index contributed by atoms with van der Waals surface area (Å²) in [5.74, 6) is -0.716. The number of hydrazine groups is 1. The van der Waals surface area contributed by atoms with Gasteiger partial charge in [0.2, 0.25) is 0 Å². The molecule has 2 aromatic rings. The van der Waals surface area contributed by atoms with E-state index in [2.05, 4.69) is 10.6 Å². The van der Waals surface area contributed by atoms with Crippen LogP contribution in [0.5, 0.6) is 0 Å². The van der Waals surface area contributed by atoms with E-state index in [9.17, 15) is 9.18 Å². The van der Waals surface area contributed by atoms with E-state index in [1.807, 2.05) is 0 Å². The number of hydrogen-bond donors (Lipinski definition) is 1. The number of hydrogen-bond acceptors (Lipinski definition) is 4.